The second-order valence-electron chi connectivity index (χ2n) is 8.49. The van der Waals surface area contributed by atoms with Crippen LogP contribution in [0.25, 0.3) is 0 Å². The first-order valence-corrected chi connectivity index (χ1v) is 13.2. The SMILES string of the molecule is CC.CCCCCN(CCCNC(=O)Nc1nc(C)cc(=O)[nH]1)CCCNC(=O)Nc1nc(C)cc(=O)[nH]1. The number of carbonyl (C=O) groups excluding carboxylic acids is 2. The molecule has 212 valence electrons. The van der Waals surface area contributed by atoms with Gasteiger partial charge in [0.15, 0.2) is 0 Å². The van der Waals surface area contributed by atoms with Crippen LogP contribution in [0.15, 0.2) is 21.7 Å². The van der Waals surface area contributed by atoms with E-state index in [0.29, 0.717) is 24.5 Å². The van der Waals surface area contributed by atoms with Crippen molar-refractivity contribution < 1.29 is 9.59 Å². The Morgan fingerprint density at radius 1 is 0.763 bits per heavy atom. The quantitative estimate of drug-likeness (QED) is 0.202. The first kappa shape index (κ1) is 32.3. The molecule has 0 fully saturated rings. The number of hydrogen-bond donors (Lipinski definition) is 6. The number of aromatic amines is 2. The average Bonchev–Trinajstić information content (AvgIpc) is 2.84. The molecule has 0 unspecified atom stereocenters. The highest BCUT2D eigenvalue weighted by molar-refractivity contribution is 5.87. The summed E-state index contributed by atoms with van der Waals surface area (Å²) in [6.45, 7) is 13.0. The maximum absolute atomic E-state index is 12.1. The Hall–Kier alpha value is -3.74. The first-order valence-electron chi connectivity index (χ1n) is 13.2. The van der Waals surface area contributed by atoms with Crippen molar-refractivity contribution in [3.63, 3.8) is 0 Å². The number of carbonyl (C=O) groups is 2. The van der Waals surface area contributed by atoms with Gasteiger partial charge in [-0.25, -0.2) is 19.6 Å². The van der Waals surface area contributed by atoms with Crippen LogP contribution in [-0.2, 0) is 0 Å². The Morgan fingerprint density at radius 2 is 1.18 bits per heavy atom. The molecule has 0 radical (unpaired) electrons. The van der Waals surface area contributed by atoms with E-state index in [1.807, 2.05) is 13.8 Å². The van der Waals surface area contributed by atoms with Gasteiger partial charge in [0.1, 0.15) is 0 Å². The second kappa shape index (κ2) is 18.5. The Bertz CT molecular complexity index is 1020. The minimum absolute atomic E-state index is 0.111. The van der Waals surface area contributed by atoms with Crippen molar-refractivity contribution in [2.45, 2.75) is 66.7 Å². The Kier molecular flexibility index (Phi) is 15.7. The summed E-state index contributed by atoms with van der Waals surface area (Å²) in [6.07, 6.45) is 4.84. The van der Waals surface area contributed by atoms with Crippen molar-refractivity contribution in [2.24, 2.45) is 0 Å². The van der Waals surface area contributed by atoms with Crippen LogP contribution < -0.4 is 32.4 Å². The summed E-state index contributed by atoms with van der Waals surface area (Å²) in [5.74, 6) is 0.222. The van der Waals surface area contributed by atoms with Gasteiger partial charge in [-0.1, -0.05) is 33.6 Å². The molecule has 0 aliphatic heterocycles. The number of aromatic nitrogens is 4. The minimum atomic E-state index is -0.430. The number of hydrogen-bond acceptors (Lipinski definition) is 7. The van der Waals surface area contributed by atoms with Gasteiger partial charge in [-0.2, -0.15) is 0 Å². The molecule has 6 N–H and O–H groups in total. The molecular weight excluding hydrogens is 490 g/mol. The molecule has 0 aliphatic carbocycles. The smallest absolute Gasteiger partial charge is 0.321 e. The van der Waals surface area contributed by atoms with Gasteiger partial charge >= 0.3 is 12.1 Å². The van der Waals surface area contributed by atoms with Crippen LogP contribution in [0.2, 0.25) is 0 Å². The number of rotatable bonds is 14. The fourth-order valence-corrected chi connectivity index (χ4v) is 3.51. The lowest BCUT2D eigenvalue weighted by atomic mass is 10.2. The van der Waals surface area contributed by atoms with Gasteiger partial charge in [0, 0.05) is 36.6 Å². The van der Waals surface area contributed by atoms with Gasteiger partial charge in [0.05, 0.1) is 0 Å². The summed E-state index contributed by atoms with van der Waals surface area (Å²) in [6, 6.07) is 1.84. The first-order chi connectivity index (χ1) is 18.2. The van der Waals surface area contributed by atoms with E-state index in [1.54, 1.807) is 13.8 Å². The third-order valence-corrected chi connectivity index (χ3v) is 5.15. The van der Waals surface area contributed by atoms with E-state index in [4.69, 9.17) is 0 Å². The van der Waals surface area contributed by atoms with E-state index in [2.05, 4.69) is 53.0 Å². The van der Waals surface area contributed by atoms with Gasteiger partial charge in [0.25, 0.3) is 11.1 Å². The highest BCUT2D eigenvalue weighted by Gasteiger charge is 2.08. The molecule has 2 aromatic rings. The monoisotopic (exact) mass is 533 g/mol. The predicted octanol–water partition coefficient (Wildman–Crippen LogP) is 2.71. The lowest BCUT2D eigenvalue weighted by Crippen LogP contribution is -2.36. The summed E-state index contributed by atoms with van der Waals surface area (Å²) in [7, 11) is 0. The number of nitrogens with one attached hydrogen (secondary N) is 6. The van der Waals surface area contributed by atoms with Crippen molar-refractivity contribution in [1.82, 2.24) is 35.5 Å². The highest BCUT2D eigenvalue weighted by atomic mass is 16.2. The van der Waals surface area contributed by atoms with Crippen LogP contribution in [0.4, 0.5) is 21.5 Å². The standard InChI is InChI=1S/C23H37N9O4.C2H6/c1-4-5-6-11-32(12-7-9-24-22(35)30-20-26-16(2)14-18(33)28-20)13-8-10-25-23(36)31-21-27-17(3)15-19(34)29-21;1-2/h14-15H,4-13H2,1-3H3,(H3,24,26,28,30,33,35)(H3,25,27,29,31,34,36);1-2H3. The summed E-state index contributed by atoms with van der Waals surface area (Å²) in [5.41, 5.74) is 0.388. The van der Waals surface area contributed by atoms with Crippen molar-refractivity contribution >= 4 is 24.0 Å². The molecule has 0 atom stereocenters. The Labute approximate surface area is 223 Å². The van der Waals surface area contributed by atoms with Gasteiger partial charge < -0.3 is 15.5 Å². The topological polar surface area (TPSA) is 177 Å². The van der Waals surface area contributed by atoms with E-state index in [-0.39, 0.29) is 23.0 Å². The van der Waals surface area contributed by atoms with Crippen molar-refractivity contribution in [3.05, 3.63) is 44.2 Å². The number of unbranched alkanes of at least 4 members (excludes halogenated alkanes) is 2. The molecule has 38 heavy (non-hydrogen) atoms. The zero-order chi connectivity index (χ0) is 28.3. The van der Waals surface area contributed by atoms with E-state index in [9.17, 15) is 19.2 Å². The van der Waals surface area contributed by atoms with Gasteiger partial charge in [-0.3, -0.25) is 30.2 Å². The lowest BCUT2D eigenvalue weighted by Gasteiger charge is -2.22. The second-order valence-corrected chi connectivity index (χ2v) is 8.49. The van der Waals surface area contributed by atoms with Crippen LogP contribution in [0, 0.1) is 13.8 Å². The van der Waals surface area contributed by atoms with Crippen LogP contribution in [-0.4, -0.2) is 69.6 Å². The normalized spacial score (nSPS) is 10.4. The molecule has 2 aromatic heterocycles. The molecule has 2 heterocycles. The van der Waals surface area contributed by atoms with Gasteiger partial charge in [-0.05, 0) is 52.7 Å². The lowest BCUT2D eigenvalue weighted by molar-refractivity contribution is 0.243. The summed E-state index contributed by atoms with van der Waals surface area (Å²) in [5, 5.41) is 10.6. The number of amides is 4. The molecule has 0 saturated heterocycles. The van der Waals surface area contributed by atoms with Crippen molar-refractivity contribution in [3.8, 4) is 0 Å². The predicted molar refractivity (Wildman–Crippen MR) is 150 cm³/mol. The van der Waals surface area contributed by atoms with Gasteiger partial charge in [0.2, 0.25) is 11.9 Å². The minimum Gasteiger partial charge on any atom is -0.338 e. The Balaban J connectivity index is 0.00000352. The van der Waals surface area contributed by atoms with E-state index in [1.165, 1.54) is 12.1 Å². The average molecular weight is 534 g/mol. The molecule has 2 rings (SSSR count). The summed E-state index contributed by atoms with van der Waals surface area (Å²) < 4.78 is 0. The largest absolute Gasteiger partial charge is 0.338 e. The maximum atomic E-state index is 12.1. The highest BCUT2D eigenvalue weighted by Crippen LogP contribution is 2.02. The molecule has 0 saturated carbocycles. The molecule has 0 aliphatic rings. The van der Waals surface area contributed by atoms with Crippen LogP contribution in [0.1, 0.15) is 64.3 Å². The third kappa shape index (κ3) is 14.1. The van der Waals surface area contributed by atoms with E-state index >= 15 is 0 Å². The molecular formula is C25H43N9O4. The van der Waals surface area contributed by atoms with Crippen molar-refractivity contribution in [2.75, 3.05) is 43.4 Å². The fourth-order valence-electron chi connectivity index (χ4n) is 3.51. The Morgan fingerprint density at radius 3 is 1.58 bits per heavy atom. The van der Waals surface area contributed by atoms with Crippen LogP contribution in [0.3, 0.4) is 0 Å². The number of aryl methyl sites for hydroxylation is 2. The molecule has 0 spiro atoms. The molecule has 13 heteroatoms. The number of urea groups is 2. The number of nitrogens with zero attached hydrogens (tertiary/aromatic N) is 3. The zero-order valence-electron chi connectivity index (χ0n) is 23.2. The van der Waals surface area contributed by atoms with E-state index in [0.717, 1.165) is 51.7 Å². The van der Waals surface area contributed by atoms with Crippen LogP contribution in [0.5, 0.6) is 0 Å². The number of H-pyrrole nitrogens is 2. The molecule has 0 aromatic carbocycles. The third-order valence-electron chi connectivity index (χ3n) is 5.15. The summed E-state index contributed by atoms with van der Waals surface area (Å²) >= 11 is 0. The fraction of sp³-hybridized carbons (Fsp3) is 0.600. The summed E-state index contributed by atoms with van der Waals surface area (Å²) in [4.78, 5) is 62.5. The van der Waals surface area contributed by atoms with E-state index < -0.39 is 12.1 Å². The van der Waals surface area contributed by atoms with Crippen molar-refractivity contribution in [1.29, 1.82) is 0 Å². The molecule has 4 amide bonds. The maximum Gasteiger partial charge on any atom is 0.321 e. The van der Waals surface area contributed by atoms with Gasteiger partial charge in [-0.15, -0.1) is 0 Å². The molecule has 13 nitrogen and oxygen atoms in total. The number of anilines is 2. The zero-order valence-corrected chi connectivity index (χ0v) is 23.2. The van der Waals surface area contributed by atoms with Crippen LogP contribution >= 0.6 is 0 Å². The molecule has 0 bridgehead atoms.